The van der Waals surface area contributed by atoms with Crippen molar-refractivity contribution in [2.24, 2.45) is 0 Å². The smallest absolute Gasteiger partial charge is 0.274 e. The zero-order valence-electron chi connectivity index (χ0n) is 12.3. The van der Waals surface area contributed by atoms with Crippen molar-refractivity contribution in [3.63, 3.8) is 0 Å². The van der Waals surface area contributed by atoms with E-state index in [0.29, 0.717) is 11.3 Å². The van der Waals surface area contributed by atoms with Crippen LogP contribution in [0.15, 0.2) is 49.1 Å². The molecule has 1 amide bonds. The molecule has 1 N–H and O–H groups in total. The predicted molar refractivity (Wildman–Crippen MR) is 82.7 cm³/mol. The van der Waals surface area contributed by atoms with Gasteiger partial charge in [0, 0.05) is 30.3 Å². The minimum atomic E-state index is -0.276. The molecule has 22 heavy (non-hydrogen) atoms. The number of hydrogen-bond acceptors (Lipinski definition) is 3. The summed E-state index contributed by atoms with van der Waals surface area (Å²) in [6.45, 7) is 2.08. The van der Waals surface area contributed by atoms with Gasteiger partial charge >= 0.3 is 0 Å². The molecule has 2 aromatic heterocycles. The summed E-state index contributed by atoms with van der Waals surface area (Å²) in [7, 11) is 0. The van der Waals surface area contributed by atoms with Gasteiger partial charge in [0.25, 0.3) is 5.91 Å². The number of carbonyl (C=O) groups is 1. The Morgan fingerprint density at radius 1 is 1.14 bits per heavy atom. The number of imidazole rings is 1. The normalized spacial score (nSPS) is 15.7. The SMILES string of the molecule is CC1(NC(=O)c2nccn3ccnc23)Cc2ccccc2C1. The average molecular weight is 292 g/mol. The van der Waals surface area contributed by atoms with Crippen molar-refractivity contribution in [3.8, 4) is 0 Å². The van der Waals surface area contributed by atoms with Gasteiger partial charge < -0.3 is 9.72 Å². The van der Waals surface area contributed by atoms with E-state index in [1.807, 2.05) is 12.1 Å². The Labute approximate surface area is 128 Å². The Balaban J connectivity index is 1.62. The second-order valence-corrected chi connectivity index (χ2v) is 6.07. The first-order valence-corrected chi connectivity index (χ1v) is 7.32. The summed E-state index contributed by atoms with van der Waals surface area (Å²) < 4.78 is 1.80. The molecule has 2 heterocycles. The van der Waals surface area contributed by atoms with E-state index in [1.165, 1.54) is 11.1 Å². The number of rotatable bonds is 2. The van der Waals surface area contributed by atoms with Gasteiger partial charge in [-0.25, -0.2) is 9.97 Å². The summed E-state index contributed by atoms with van der Waals surface area (Å²) in [6.07, 6.45) is 8.56. The highest BCUT2D eigenvalue weighted by Gasteiger charge is 2.34. The number of nitrogens with zero attached hydrogens (tertiary/aromatic N) is 3. The molecule has 0 fully saturated rings. The third-order valence-electron chi connectivity index (χ3n) is 4.22. The van der Waals surface area contributed by atoms with Crippen LogP contribution in [0.3, 0.4) is 0 Å². The third-order valence-corrected chi connectivity index (χ3v) is 4.22. The number of benzene rings is 1. The second kappa shape index (κ2) is 4.66. The topological polar surface area (TPSA) is 59.3 Å². The molecule has 5 nitrogen and oxygen atoms in total. The predicted octanol–water partition coefficient (Wildman–Crippen LogP) is 2.02. The van der Waals surface area contributed by atoms with Gasteiger partial charge in [-0.05, 0) is 30.9 Å². The Kier molecular flexibility index (Phi) is 2.76. The number of carbonyl (C=O) groups excluding carboxylic acids is 1. The maximum Gasteiger partial charge on any atom is 0.274 e. The minimum Gasteiger partial charge on any atom is -0.345 e. The van der Waals surface area contributed by atoms with Crippen LogP contribution >= 0.6 is 0 Å². The zero-order chi connectivity index (χ0) is 15.2. The molecule has 0 aliphatic heterocycles. The van der Waals surface area contributed by atoms with Crippen LogP contribution < -0.4 is 5.32 Å². The maximum absolute atomic E-state index is 12.6. The van der Waals surface area contributed by atoms with Crippen LogP contribution in [0.25, 0.3) is 5.65 Å². The monoisotopic (exact) mass is 292 g/mol. The zero-order valence-corrected chi connectivity index (χ0v) is 12.3. The largest absolute Gasteiger partial charge is 0.345 e. The fourth-order valence-electron chi connectivity index (χ4n) is 3.24. The van der Waals surface area contributed by atoms with Gasteiger partial charge in [0.2, 0.25) is 0 Å². The lowest BCUT2D eigenvalue weighted by atomic mass is 9.98. The molecule has 0 radical (unpaired) electrons. The summed E-state index contributed by atoms with van der Waals surface area (Å²) in [5.41, 5.74) is 3.28. The second-order valence-electron chi connectivity index (χ2n) is 6.07. The van der Waals surface area contributed by atoms with Gasteiger partial charge in [-0.2, -0.15) is 0 Å². The van der Waals surface area contributed by atoms with Crippen LogP contribution in [0, 0.1) is 0 Å². The molecule has 0 unspecified atom stereocenters. The number of aromatic nitrogens is 3. The van der Waals surface area contributed by atoms with Gasteiger partial charge in [0.05, 0.1) is 0 Å². The van der Waals surface area contributed by atoms with Crippen molar-refractivity contribution in [2.45, 2.75) is 25.3 Å². The molecule has 4 rings (SSSR count). The summed E-state index contributed by atoms with van der Waals surface area (Å²) in [4.78, 5) is 21.1. The Bertz CT molecular complexity index is 843. The molecule has 3 aromatic rings. The van der Waals surface area contributed by atoms with Gasteiger partial charge in [0.1, 0.15) is 0 Å². The Morgan fingerprint density at radius 3 is 2.45 bits per heavy atom. The van der Waals surface area contributed by atoms with Gasteiger partial charge in [-0.3, -0.25) is 4.79 Å². The molecule has 0 saturated heterocycles. The van der Waals surface area contributed by atoms with Crippen molar-refractivity contribution in [1.82, 2.24) is 19.7 Å². The summed E-state index contributed by atoms with van der Waals surface area (Å²) in [5, 5.41) is 3.15. The highest BCUT2D eigenvalue weighted by Crippen LogP contribution is 2.29. The number of hydrogen-bond donors (Lipinski definition) is 1. The lowest BCUT2D eigenvalue weighted by Gasteiger charge is -2.25. The standard InChI is InChI=1S/C17H16N4O/c1-17(10-12-4-2-3-5-13(12)11-17)20-16(22)14-15-19-7-9-21(15)8-6-18-14/h2-9H,10-11H2,1H3,(H,20,22). The fourth-order valence-corrected chi connectivity index (χ4v) is 3.24. The van der Waals surface area contributed by atoms with E-state index in [1.54, 1.807) is 29.2 Å². The summed E-state index contributed by atoms with van der Waals surface area (Å²) in [5.74, 6) is -0.174. The molecule has 0 bridgehead atoms. The molecule has 0 atom stereocenters. The quantitative estimate of drug-likeness (QED) is 0.786. The van der Waals surface area contributed by atoms with Crippen molar-refractivity contribution in [3.05, 3.63) is 65.9 Å². The number of fused-ring (bicyclic) bond motifs is 2. The van der Waals surface area contributed by atoms with E-state index in [-0.39, 0.29) is 11.4 Å². The van der Waals surface area contributed by atoms with E-state index >= 15 is 0 Å². The van der Waals surface area contributed by atoms with E-state index in [9.17, 15) is 4.79 Å². The van der Waals surface area contributed by atoms with E-state index in [0.717, 1.165) is 12.8 Å². The molecule has 0 saturated carbocycles. The fraction of sp³-hybridized carbons (Fsp3) is 0.235. The molecular weight excluding hydrogens is 276 g/mol. The van der Waals surface area contributed by atoms with E-state index < -0.39 is 0 Å². The van der Waals surface area contributed by atoms with Crippen LogP contribution in [0.1, 0.15) is 28.5 Å². The highest BCUT2D eigenvalue weighted by molar-refractivity contribution is 5.98. The van der Waals surface area contributed by atoms with Crippen molar-refractivity contribution >= 4 is 11.6 Å². The number of nitrogens with one attached hydrogen (secondary N) is 1. The lowest BCUT2D eigenvalue weighted by Crippen LogP contribution is -2.47. The lowest BCUT2D eigenvalue weighted by molar-refractivity contribution is 0.0906. The van der Waals surface area contributed by atoms with Crippen LogP contribution in [0.4, 0.5) is 0 Å². The molecule has 1 aliphatic rings. The van der Waals surface area contributed by atoms with Crippen LogP contribution in [0.2, 0.25) is 0 Å². The van der Waals surface area contributed by atoms with Crippen molar-refractivity contribution in [2.75, 3.05) is 0 Å². The molecular formula is C17H16N4O. The minimum absolute atomic E-state index is 0.174. The number of amides is 1. The van der Waals surface area contributed by atoms with Crippen LogP contribution in [-0.2, 0) is 12.8 Å². The summed E-state index contributed by atoms with van der Waals surface area (Å²) >= 11 is 0. The van der Waals surface area contributed by atoms with Crippen molar-refractivity contribution in [1.29, 1.82) is 0 Å². The average Bonchev–Trinajstić information content (AvgIpc) is 3.09. The van der Waals surface area contributed by atoms with Gasteiger partial charge in [-0.1, -0.05) is 24.3 Å². The van der Waals surface area contributed by atoms with Gasteiger partial charge in [0.15, 0.2) is 11.3 Å². The first-order chi connectivity index (χ1) is 10.6. The molecule has 1 aromatic carbocycles. The molecule has 0 spiro atoms. The Morgan fingerprint density at radius 2 is 1.77 bits per heavy atom. The third kappa shape index (κ3) is 2.06. The van der Waals surface area contributed by atoms with Crippen molar-refractivity contribution < 1.29 is 4.79 Å². The highest BCUT2D eigenvalue weighted by atomic mass is 16.2. The molecule has 1 aliphatic carbocycles. The maximum atomic E-state index is 12.6. The van der Waals surface area contributed by atoms with E-state index in [4.69, 9.17) is 0 Å². The Hall–Kier alpha value is -2.69. The first kappa shape index (κ1) is 13.0. The summed E-state index contributed by atoms with van der Waals surface area (Å²) in [6, 6.07) is 8.33. The first-order valence-electron chi connectivity index (χ1n) is 7.32. The van der Waals surface area contributed by atoms with E-state index in [2.05, 4.69) is 34.3 Å². The van der Waals surface area contributed by atoms with Gasteiger partial charge in [-0.15, -0.1) is 0 Å². The molecule has 110 valence electrons. The van der Waals surface area contributed by atoms with Crippen LogP contribution in [0.5, 0.6) is 0 Å². The van der Waals surface area contributed by atoms with Crippen LogP contribution in [-0.4, -0.2) is 25.8 Å². The molecule has 5 heteroatoms.